The molecular weight excluding hydrogens is 256 g/mol. The van der Waals surface area contributed by atoms with Crippen LogP contribution in [0.2, 0.25) is 0 Å². The van der Waals surface area contributed by atoms with Gasteiger partial charge in [-0.3, -0.25) is 4.90 Å². The van der Waals surface area contributed by atoms with Crippen LogP contribution >= 0.6 is 12.2 Å². The first-order valence-corrected chi connectivity index (χ1v) is 7.39. The first-order valence-electron chi connectivity index (χ1n) is 6.98. The highest BCUT2D eigenvalue weighted by Gasteiger charge is 2.31. The number of nitrogens with zero attached hydrogens (tertiary/aromatic N) is 1. The molecule has 0 saturated carbocycles. The molecular formula is C15H20N2OS. The molecule has 19 heavy (non-hydrogen) atoms. The van der Waals surface area contributed by atoms with Gasteiger partial charge in [0.25, 0.3) is 0 Å². The molecule has 2 atom stereocenters. The molecule has 1 fully saturated rings. The van der Waals surface area contributed by atoms with E-state index in [9.17, 15) is 0 Å². The largest absolute Gasteiger partial charge is 0.392 e. The molecule has 3 rings (SSSR count). The number of fused-ring (bicyclic) bond motifs is 1. The van der Waals surface area contributed by atoms with E-state index in [0.29, 0.717) is 4.99 Å². The van der Waals surface area contributed by atoms with Gasteiger partial charge in [0, 0.05) is 6.54 Å². The Morgan fingerprint density at radius 2 is 2.26 bits per heavy atom. The molecule has 102 valence electrons. The van der Waals surface area contributed by atoms with Gasteiger partial charge in [0.15, 0.2) is 0 Å². The number of hydrogen-bond donors (Lipinski definition) is 1. The maximum absolute atomic E-state index is 5.97. The minimum atomic E-state index is 0.167. The molecule has 2 aliphatic rings. The van der Waals surface area contributed by atoms with Crippen molar-refractivity contribution in [2.75, 3.05) is 19.7 Å². The highest BCUT2D eigenvalue weighted by Crippen LogP contribution is 2.30. The predicted octanol–water partition coefficient (Wildman–Crippen LogP) is 2.05. The fourth-order valence-electron chi connectivity index (χ4n) is 3.21. The van der Waals surface area contributed by atoms with E-state index >= 15 is 0 Å². The summed E-state index contributed by atoms with van der Waals surface area (Å²) in [4.78, 5) is 3.01. The molecule has 0 amide bonds. The van der Waals surface area contributed by atoms with Gasteiger partial charge in [-0.15, -0.1) is 0 Å². The Labute approximate surface area is 119 Å². The molecule has 1 aromatic rings. The van der Waals surface area contributed by atoms with E-state index in [1.165, 1.54) is 17.5 Å². The van der Waals surface area contributed by atoms with Crippen molar-refractivity contribution in [1.29, 1.82) is 0 Å². The zero-order chi connectivity index (χ0) is 13.2. The van der Waals surface area contributed by atoms with Gasteiger partial charge in [-0.25, -0.2) is 0 Å². The van der Waals surface area contributed by atoms with Crippen molar-refractivity contribution in [2.24, 2.45) is 5.73 Å². The Balaban J connectivity index is 1.76. The molecule has 2 unspecified atom stereocenters. The van der Waals surface area contributed by atoms with E-state index in [4.69, 9.17) is 22.7 Å². The average molecular weight is 276 g/mol. The van der Waals surface area contributed by atoms with Crippen LogP contribution in [-0.2, 0) is 11.2 Å². The van der Waals surface area contributed by atoms with Crippen LogP contribution in [0.1, 0.15) is 30.1 Å². The topological polar surface area (TPSA) is 38.5 Å². The minimum absolute atomic E-state index is 0.167. The van der Waals surface area contributed by atoms with E-state index in [-0.39, 0.29) is 12.1 Å². The zero-order valence-electron chi connectivity index (χ0n) is 11.0. The second-order valence-corrected chi connectivity index (χ2v) is 5.83. The summed E-state index contributed by atoms with van der Waals surface area (Å²) in [5.41, 5.74) is 8.59. The van der Waals surface area contributed by atoms with Crippen molar-refractivity contribution >= 4 is 17.2 Å². The lowest BCUT2D eigenvalue weighted by Crippen LogP contribution is -2.42. The second-order valence-electron chi connectivity index (χ2n) is 5.36. The molecule has 3 nitrogen and oxygen atoms in total. The summed E-state index contributed by atoms with van der Waals surface area (Å²) >= 11 is 5.17. The van der Waals surface area contributed by atoms with Crippen molar-refractivity contribution in [2.45, 2.75) is 31.4 Å². The number of thiocarbonyl (C=S) groups is 1. The van der Waals surface area contributed by atoms with Crippen molar-refractivity contribution in [3.8, 4) is 0 Å². The lowest BCUT2D eigenvalue weighted by Gasteiger charge is -2.32. The fraction of sp³-hybridized carbons (Fsp3) is 0.533. The lowest BCUT2D eigenvalue weighted by atomic mass is 9.97. The zero-order valence-corrected chi connectivity index (χ0v) is 11.9. The van der Waals surface area contributed by atoms with Crippen molar-refractivity contribution in [3.63, 3.8) is 0 Å². The highest BCUT2D eigenvalue weighted by molar-refractivity contribution is 7.80. The van der Waals surface area contributed by atoms with Crippen LogP contribution in [0.25, 0.3) is 0 Å². The van der Waals surface area contributed by atoms with Gasteiger partial charge in [0.1, 0.15) is 0 Å². The molecule has 1 aromatic carbocycles. The molecule has 0 aromatic heterocycles. The molecule has 2 N–H and O–H groups in total. The Bertz CT molecular complexity index is 477. The fourth-order valence-corrected chi connectivity index (χ4v) is 3.47. The van der Waals surface area contributed by atoms with Crippen LogP contribution in [0.15, 0.2) is 24.3 Å². The quantitative estimate of drug-likeness (QED) is 0.858. The molecule has 0 bridgehead atoms. The van der Waals surface area contributed by atoms with Crippen molar-refractivity contribution < 1.29 is 4.74 Å². The summed E-state index contributed by atoms with van der Waals surface area (Å²) in [6.07, 6.45) is 3.45. The normalized spacial score (nSPS) is 27.2. The Kier molecular flexibility index (Phi) is 3.82. The summed E-state index contributed by atoms with van der Waals surface area (Å²) < 4.78 is 5.97. The van der Waals surface area contributed by atoms with Crippen LogP contribution in [0, 0.1) is 0 Å². The average Bonchev–Trinajstić information content (AvgIpc) is 2.87. The van der Waals surface area contributed by atoms with E-state index < -0.39 is 0 Å². The van der Waals surface area contributed by atoms with Crippen LogP contribution in [0.4, 0.5) is 0 Å². The number of nitrogens with two attached hydrogens (primary N) is 1. The number of rotatable bonds is 3. The molecule has 4 heteroatoms. The van der Waals surface area contributed by atoms with Gasteiger partial charge >= 0.3 is 0 Å². The third-order valence-electron chi connectivity index (χ3n) is 4.18. The number of hydrogen-bond acceptors (Lipinski definition) is 3. The molecule has 2 aliphatic heterocycles. The number of benzene rings is 1. The summed E-state index contributed by atoms with van der Waals surface area (Å²) in [6, 6.07) is 8.85. The van der Waals surface area contributed by atoms with Gasteiger partial charge in [-0.2, -0.15) is 0 Å². The van der Waals surface area contributed by atoms with Crippen LogP contribution in [0.5, 0.6) is 0 Å². The molecule has 2 heterocycles. The molecule has 0 aliphatic carbocycles. The summed E-state index contributed by atoms with van der Waals surface area (Å²) in [5, 5.41) is 0. The molecule has 0 radical (unpaired) electrons. The summed E-state index contributed by atoms with van der Waals surface area (Å²) in [6.45, 7) is 2.79. The van der Waals surface area contributed by atoms with Crippen LogP contribution in [-0.4, -0.2) is 35.6 Å². The monoisotopic (exact) mass is 276 g/mol. The van der Waals surface area contributed by atoms with Gasteiger partial charge in [-0.1, -0.05) is 36.5 Å². The van der Waals surface area contributed by atoms with Gasteiger partial charge in [0.05, 0.1) is 23.7 Å². The highest BCUT2D eigenvalue weighted by atomic mass is 32.1. The van der Waals surface area contributed by atoms with Gasteiger partial charge < -0.3 is 10.5 Å². The molecule has 0 spiro atoms. The Hall–Kier alpha value is -0.970. The Morgan fingerprint density at radius 1 is 1.42 bits per heavy atom. The first-order chi connectivity index (χ1) is 9.25. The number of ether oxygens (including phenoxy) is 1. The summed E-state index contributed by atoms with van der Waals surface area (Å²) in [7, 11) is 0. The van der Waals surface area contributed by atoms with E-state index in [1.807, 2.05) is 0 Å². The first kappa shape index (κ1) is 13.0. The summed E-state index contributed by atoms with van der Waals surface area (Å²) in [5.74, 6) is 0. The predicted molar refractivity (Wildman–Crippen MR) is 80.2 cm³/mol. The standard InChI is InChI=1S/C15H20N2OS/c16-15(19)13-6-3-8-17(13)10-14-12-5-2-1-4-11(12)7-9-18-14/h1-2,4-5,13-14H,3,6-10H2,(H2,16,19). The van der Waals surface area contributed by atoms with Gasteiger partial charge in [0.2, 0.25) is 0 Å². The van der Waals surface area contributed by atoms with Crippen molar-refractivity contribution in [1.82, 2.24) is 4.90 Å². The second kappa shape index (κ2) is 5.57. The van der Waals surface area contributed by atoms with Crippen LogP contribution < -0.4 is 5.73 Å². The van der Waals surface area contributed by atoms with E-state index in [0.717, 1.165) is 32.5 Å². The van der Waals surface area contributed by atoms with E-state index in [1.54, 1.807) is 0 Å². The maximum atomic E-state index is 5.97. The van der Waals surface area contributed by atoms with E-state index in [2.05, 4.69) is 29.2 Å². The molecule has 1 saturated heterocycles. The smallest absolute Gasteiger partial charge is 0.0954 e. The van der Waals surface area contributed by atoms with Gasteiger partial charge in [-0.05, 0) is 36.9 Å². The lowest BCUT2D eigenvalue weighted by molar-refractivity contribution is 0.0176. The SMILES string of the molecule is NC(=S)C1CCCN1CC1OCCc2ccccc21. The number of likely N-dealkylation sites (tertiary alicyclic amines) is 1. The minimum Gasteiger partial charge on any atom is -0.392 e. The van der Waals surface area contributed by atoms with Crippen LogP contribution in [0.3, 0.4) is 0 Å². The Morgan fingerprint density at radius 3 is 3.11 bits per heavy atom. The third kappa shape index (κ3) is 2.66. The maximum Gasteiger partial charge on any atom is 0.0954 e. The third-order valence-corrected chi connectivity index (χ3v) is 4.46. The van der Waals surface area contributed by atoms with Crippen molar-refractivity contribution in [3.05, 3.63) is 35.4 Å².